The predicted octanol–water partition coefficient (Wildman–Crippen LogP) is 3.67. The van der Waals surface area contributed by atoms with Gasteiger partial charge in [-0.2, -0.15) is 8.78 Å². The number of para-hydroxylation sites is 2. The van der Waals surface area contributed by atoms with Gasteiger partial charge in [-0.15, -0.1) is 0 Å². The molecule has 3 rings (SSSR count). The van der Waals surface area contributed by atoms with E-state index in [0.29, 0.717) is 17.2 Å². The van der Waals surface area contributed by atoms with Crippen molar-refractivity contribution in [1.29, 1.82) is 0 Å². The zero-order valence-corrected chi connectivity index (χ0v) is 15.2. The van der Waals surface area contributed by atoms with Crippen LogP contribution in [0.2, 0.25) is 5.02 Å². The summed E-state index contributed by atoms with van der Waals surface area (Å²) in [7, 11) is 0. The molecule has 0 fully saturated rings. The summed E-state index contributed by atoms with van der Waals surface area (Å²) in [6.07, 6.45) is 0.376. The van der Waals surface area contributed by atoms with Crippen LogP contribution >= 0.6 is 11.6 Å². The van der Waals surface area contributed by atoms with E-state index in [4.69, 9.17) is 21.1 Å². The van der Waals surface area contributed by atoms with E-state index in [1.54, 1.807) is 24.3 Å². The summed E-state index contributed by atoms with van der Waals surface area (Å²) in [6.45, 7) is -3.47. The number of carbonyl (C=O) groups excluding carboxylic acids is 2. The number of hydrogen-bond acceptors (Lipinski definition) is 5. The zero-order chi connectivity index (χ0) is 20.1. The first-order valence-corrected chi connectivity index (χ1v) is 8.71. The minimum absolute atomic E-state index is 0.0495. The van der Waals surface area contributed by atoms with Gasteiger partial charge >= 0.3 is 12.6 Å². The van der Waals surface area contributed by atoms with E-state index in [1.807, 2.05) is 0 Å². The molecule has 1 aliphatic rings. The number of esters is 1. The minimum Gasteiger partial charge on any atom is -0.492 e. The molecule has 1 amide bonds. The quantitative estimate of drug-likeness (QED) is 0.734. The number of benzene rings is 2. The van der Waals surface area contributed by atoms with Crippen molar-refractivity contribution in [2.45, 2.75) is 13.0 Å². The number of rotatable bonds is 6. The molecular formula is C19H16ClF2NO5. The number of fused-ring (bicyclic) bond motifs is 1. The largest absolute Gasteiger partial charge is 0.492 e. The van der Waals surface area contributed by atoms with E-state index in [-0.39, 0.29) is 18.0 Å². The zero-order valence-electron chi connectivity index (χ0n) is 14.5. The molecule has 0 radical (unpaired) electrons. The maximum Gasteiger partial charge on any atom is 0.387 e. The molecule has 148 valence electrons. The summed E-state index contributed by atoms with van der Waals surface area (Å²) in [4.78, 5) is 24.2. The highest BCUT2D eigenvalue weighted by Crippen LogP contribution is 2.30. The van der Waals surface area contributed by atoms with Crippen molar-refractivity contribution in [2.75, 3.05) is 18.5 Å². The lowest BCUT2D eigenvalue weighted by Crippen LogP contribution is -2.32. The summed E-state index contributed by atoms with van der Waals surface area (Å²) in [5.74, 6) is -1.39. The average Bonchev–Trinajstić information content (AvgIpc) is 2.66. The van der Waals surface area contributed by atoms with Gasteiger partial charge in [0.25, 0.3) is 5.91 Å². The molecular weight excluding hydrogens is 396 g/mol. The van der Waals surface area contributed by atoms with Crippen LogP contribution in [0.5, 0.6) is 11.5 Å². The molecule has 2 aromatic rings. The van der Waals surface area contributed by atoms with Crippen LogP contribution in [0.25, 0.3) is 0 Å². The summed E-state index contributed by atoms with van der Waals surface area (Å²) in [6, 6.07) is 10.8. The van der Waals surface area contributed by atoms with Crippen LogP contribution in [0.3, 0.4) is 0 Å². The monoisotopic (exact) mass is 411 g/mol. The standard InChI is InChI=1S/C19H16ClF2NO5/c20-13-5-6-15-11(8-13)7-12(9-26-15)18(25)27-10-17(24)23-14-3-1-2-4-16(14)28-19(21)22/h1-6,8,12,19H,7,9-10H2,(H,23,24)/t12-/m1/s1. The summed E-state index contributed by atoms with van der Waals surface area (Å²) >= 11 is 5.95. The van der Waals surface area contributed by atoms with Gasteiger partial charge in [0.05, 0.1) is 11.6 Å². The molecule has 28 heavy (non-hydrogen) atoms. The predicted molar refractivity (Wildman–Crippen MR) is 96.8 cm³/mol. The third kappa shape index (κ3) is 5.10. The fourth-order valence-corrected chi connectivity index (χ4v) is 2.92. The van der Waals surface area contributed by atoms with Crippen molar-refractivity contribution in [2.24, 2.45) is 5.92 Å². The molecule has 0 saturated carbocycles. The summed E-state index contributed by atoms with van der Waals surface area (Å²) < 4.78 is 39.7. The van der Waals surface area contributed by atoms with E-state index in [9.17, 15) is 18.4 Å². The number of amides is 1. The number of alkyl halides is 2. The molecule has 9 heteroatoms. The molecule has 2 aromatic carbocycles. The molecule has 1 heterocycles. The van der Waals surface area contributed by atoms with E-state index < -0.39 is 31.0 Å². The van der Waals surface area contributed by atoms with E-state index in [2.05, 4.69) is 10.1 Å². The molecule has 0 aromatic heterocycles. The van der Waals surface area contributed by atoms with E-state index in [0.717, 1.165) is 5.56 Å². The molecule has 0 bridgehead atoms. The summed E-state index contributed by atoms with van der Waals surface area (Å²) in [5, 5.41) is 2.90. The van der Waals surface area contributed by atoms with Crippen molar-refractivity contribution in [3.8, 4) is 11.5 Å². The molecule has 1 N–H and O–H groups in total. The van der Waals surface area contributed by atoms with E-state index in [1.165, 1.54) is 18.2 Å². The Bertz CT molecular complexity index is 877. The molecule has 1 aliphatic heterocycles. The van der Waals surface area contributed by atoms with Gasteiger partial charge in [0.1, 0.15) is 18.1 Å². The highest BCUT2D eigenvalue weighted by atomic mass is 35.5. The van der Waals surface area contributed by atoms with Crippen molar-refractivity contribution in [3.63, 3.8) is 0 Å². The minimum atomic E-state index is -3.03. The lowest BCUT2D eigenvalue weighted by Gasteiger charge is -2.24. The van der Waals surface area contributed by atoms with Gasteiger partial charge in [-0.1, -0.05) is 23.7 Å². The number of carbonyl (C=O) groups is 2. The van der Waals surface area contributed by atoms with E-state index >= 15 is 0 Å². The SMILES string of the molecule is O=C(COC(=O)[C@H]1COc2ccc(Cl)cc2C1)Nc1ccccc1OC(F)F. The Morgan fingerprint density at radius 3 is 2.82 bits per heavy atom. The third-order valence-electron chi connectivity index (χ3n) is 3.98. The highest BCUT2D eigenvalue weighted by molar-refractivity contribution is 6.30. The van der Waals surface area contributed by atoms with Gasteiger partial charge in [-0.25, -0.2) is 0 Å². The normalized spacial score (nSPS) is 15.4. The van der Waals surface area contributed by atoms with Crippen LogP contribution < -0.4 is 14.8 Å². The topological polar surface area (TPSA) is 73.9 Å². The molecule has 0 unspecified atom stereocenters. The average molecular weight is 412 g/mol. The van der Waals surface area contributed by atoms with Crippen molar-refractivity contribution < 1.29 is 32.6 Å². The number of halogens is 3. The number of nitrogens with one attached hydrogen (secondary N) is 1. The van der Waals surface area contributed by atoms with Crippen LogP contribution in [0, 0.1) is 5.92 Å². The molecule has 0 aliphatic carbocycles. The Hall–Kier alpha value is -2.87. The van der Waals surface area contributed by atoms with Gasteiger partial charge in [-0.05, 0) is 42.3 Å². The van der Waals surface area contributed by atoms with Crippen molar-refractivity contribution in [1.82, 2.24) is 0 Å². The molecule has 0 spiro atoms. The first-order valence-electron chi connectivity index (χ1n) is 8.34. The van der Waals surface area contributed by atoms with Crippen molar-refractivity contribution >= 4 is 29.2 Å². The molecule has 1 atom stereocenters. The van der Waals surface area contributed by atoms with Crippen LogP contribution in [-0.2, 0) is 20.7 Å². The Morgan fingerprint density at radius 2 is 2.04 bits per heavy atom. The Morgan fingerprint density at radius 1 is 1.25 bits per heavy atom. The first kappa shape index (κ1) is 19.9. The van der Waals surface area contributed by atoms with Crippen LogP contribution in [0.1, 0.15) is 5.56 Å². The second-order valence-corrected chi connectivity index (χ2v) is 6.43. The fraction of sp³-hybridized carbons (Fsp3) is 0.263. The highest BCUT2D eigenvalue weighted by Gasteiger charge is 2.28. The smallest absolute Gasteiger partial charge is 0.387 e. The van der Waals surface area contributed by atoms with Gasteiger partial charge in [-0.3, -0.25) is 9.59 Å². The van der Waals surface area contributed by atoms with Crippen LogP contribution in [0.15, 0.2) is 42.5 Å². The lowest BCUT2D eigenvalue weighted by atomic mass is 9.97. The third-order valence-corrected chi connectivity index (χ3v) is 4.22. The molecule has 0 saturated heterocycles. The summed E-state index contributed by atoms with van der Waals surface area (Å²) in [5.41, 5.74) is 0.830. The second-order valence-electron chi connectivity index (χ2n) is 5.99. The van der Waals surface area contributed by atoms with Gasteiger partial charge < -0.3 is 19.5 Å². The van der Waals surface area contributed by atoms with Gasteiger partial charge in [0.2, 0.25) is 0 Å². The number of hydrogen-bond donors (Lipinski definition) is 1. The lowest BCUT2D eigenvalue weighted by molar-refractivity contribution is -0.152. The maximum absolute atomic E-state index is 12.4. The van der Waals surface area contributed by atoms with Gasteiger partial charge in [0, 0.05) is 5.02 Å². The first-order chi connectivity index (χ1) is 13.4. The fourth-order valence-electron chi connectivity index (χ4n) is 2.72. The van der Waals surface area contributed by atoms with Crippen LogP contribution in [-0.4, -0.2) is 31.7 Å². The Labute approximate surface area is 164 Å². The molecule has 6 nitrogen and oxygen atoms in total. The van der Waals surface area contributed by atoms with Crippen LogP contribution in [0.4, 0.5) is 14.5 Å². The second kappa shape index (κ2) is 8.88. The van der Waals surface area contributed by atoms with Gasteiger partial charge in [0.15, 0.2) is 6.61 Å². The Balaban J connectivity index is 1.53. The van der Waals surface area contributed by atoms with Crippen molar-refractivity contribution in [3.05, 3.63) is 53.1 Å². The number of ether oxygens (including phenoxy) is 3. The maximum atomic E-state index is 12.4. The number of anilines is 1. The Kier molecular flexibility index (Phi) is 6.30.